The Labute approximate surface area is 142 Å². The maximum atomic E-state index is 11.8. The highest BCUT2D eigenvalue weighted by Crippen LogP contribution is 2.22. The molecule has 7 heteroatoms. The number of halogens is 1. The molecule has 0 unspecified atom stereocenters. The Bertz CT molecular complexity index is 785. The summed E-state index contributed by atoms with van der Waals surface area (Å²) in [6.07, 6.45) is 1.91. The lowest BCUT2D eigenvalue weighted by atomic mass is 10.3. The fourth-order valence-corrected chi connectivity index (χ4v) is 2.95. The molecule has 3 rings (SSSR count). The summed E-state index contributed by atoms with van der Waals surface area (Å²) in [5.74, 6) is 0. The molecule has 2 aromatic heterocycles. The van der Waals surface area contributed by atoms with E-state index in [1.807, 2.05) is 34.5 Å². The molecule has 5 nitrogen and oxygen atoms in total. The quantitative estimate of drug-likeness (QED) is 0.731. The van der Waals surface area contributed by atoms with Gasteiger partial charge in [-0.2, -0.15) is 5.10 Å². The molecular weight excluding hydrogens is 332 g/mol. The van der Waals surface area contributed by atoms with E-state index < -0.39 is 0 Å². The van der Waals surface area contributed by atoms with Gasteiger partial charge in [-0.25, -0.2) is 4.79 Å². The molecule has 23 heavy (non-hydrogen) atoms. The van der Waals surface area contributed by atoms with Crippen molar-refractivity contribution < 1.29 is 4.79 Å². The second kappa shape index (κ2) is 7.30. The van der Waals surface area contributed by atoms with E-state index in [0.717, 1.165) is 10.6 Å². The lowest BCUT2D eigenvalue weighted by molar-refractivity contribution is 0.251. The highest BCUT2D eigenvalue weighted by Gasteiger charge is 2.04. The first-order valence-electron chi connectivity index (χ1n) is 7.08. The van der Waals surface area contributed by atoms with Gasteiger partial charge in [0.15, 0.2) is 0 Å². The van der Waals surface area contributed by atoms with Crippen LogP contribution < -0.4 is 10.6 Å². The third-order valence-corrected chi connectivity index (χ3v) is 4.25. The van der Waals surface area contributed by atoms with Crippen molar-refractivity contribution in [3.05, 3.63) is 59.1 Å². The molecule has 0 fully saturated rings. The minimum Gasteiger partial charge on any atom is -0.336 e. The van der Waals surface area contributed by atoms with E-state index >= 15 is 0 Å². The maximum absolute atomic E-state index is 11.8. The van der Waals surface area contributed by atoms with E-state index in [1.54, 1.807) is 35.6 Å². The van der Waals surface area contributed by atoms with E-state index in [0.29, 0.717) is 23.8 Å². The topological polar surface area (TPSA) is 59.0 Å². The monoisotopic (exact) mass is 346 g/mol. The molecule has 0 bridgehead atoms. The van der Waals surface area contributed by atoms with Crippen molar-refractivity contribution in [2.45, 2.75) is 6.54 Å². The van der Waals surface area contributed by atoms with Crippen LogP contribution in [0.2, 0.25) is 5.02 Å². The molecular formula is C16H15ClN4OS. The molecule has 2 amide bonds. The van der Waals surface area contributed by atoms with Gasteiger partial charge < -0.3 is 10.6 Å². The minimum atomic E-state index is -0.266. The van der Waals surface area contributed by atoms with Crippen LogP contribution in [-0.4, -0.2) is 22.4 Å². The highest BCUT2D eigenvalue weighted by atomic mass is 35.5. The van der Waals surface area contributed by atoms with Gasteiger partial charge >= 0.3 is 6.03 Å². The number of carbonyl (C=O) groups is 1. The minimum absolute atomic E-state index is 0.266. The summed E-state index contributed by atoms with van der Waals surface area (Å²) >= 11 is 7.53. The van der Waals surface area contributed by atoms with Gasteiger partial charge in [0, 0.05) is 23.5 Å². The molecule has 0 aliphatic carbocycles. The third-order valence-electron chi connectivity index (χ3n) is 3.12. The Morgan fingerprint density at radius 1 is 1.26 bits per heavy atom. The molecule has 2 heterocycles. The molecule has 0 spiro atoms. The zero-order valence-electron chi connectivity index (χ0n) is 12.2. The first-order valence-corrected chi connectivity index (χ1v) is 8.34. The molecule has 0 aliphatic rings. The number of anilines is 1. The Morgan fingerprint density at radius 3 is 2.96 bits per heavy atom. The fourth-order valence-electron chi connectivity index (χ4n) is 2.07. The van der Waals surface area contributed by atoms with Gasteiger partial charge in [0.2, 0.25) is 0 Å². The van der Waals surface area contributed by atoms with Gasteiger partial charge in [-0.3, -0.25) is 4.68 Å². The Kier molecular flexibility index (Phi) is 4.95. The zero-order valence-corrected chi connectivity index (χ0v) is 13.8. The van der Waals surface area contributed by atoms with Crippen LogP contribution in [0.4, 0.5) is 10.5 Å². The van der Waals surface area contributed by atoms with Gasteiger partial charge in [-0.1, -0.05) is 23.7 Å². The molecule has 0 radical (unpaired) electrons. The SMILES string of the molecule is O=C(NCCn1ccc(-c2cccs2)n1)Nc1cccc(Cl)c1. The van der Waals surface area contributed by atoms with E-state index in [9.17, 15) is 4.79 Å². The number of aromatic nitrogens is 2. The van der Waals surface area contributed by atoms with Gasteiger partial charge in [-0.05, 0) is 35.7 Å². The van der Waals surface area contributed by atoms with Gasteiger partial charge in [0.05, 0.1) is 11.4 Å². The van der Waals surface area contributed by atoms with Crippen molar-refractivity contribution in [2.24, 2.45) is 0 Å². The smallest absolute Gasteiger partial charge is 0.319 e. The summed E-state index contributed by atoms with van der Waals surface area (Å²) in [7, 11) is 0. The summed E-state index contributed by atoms with van der Waals surface area (Å²) in [4.78, 5) is 12.9. The van der Waals surface area contributed by atoms with E-state index in [-0.39, 0.29) is 6.03 Å². The van der Waals surface area contributed by atoms with Crippen molar-refractivity contribution in [3.8, 4) is 10.6 Å². The van der Waals surface area contributed by atoms with Crippen LogP contribution in [0.25, 0.3) is 10.6 Å². The predicted octanol–water partition coefficient (Wildman–Crippen LogP) is 4.09. The number of hydrogen-bond donors (Lipinski definition) is 2. The zero-order chi connectivity index (χ0) is 16.1. The Balaban J connectivity index is 1.47. The van der Waals surface area contributed by atoms with E-state index in [2.05, 4.69) is 15.7 Å². The number of urea groups is 1. The lowest BCUT2D eigenvalue weighted by Gasteiger charge is -2.08. The number of nitrogens with one attached hydrogen (secondary N) is 2. The van der Waals surface area contributed by atoms with Crippen LogP contribution in [0.15, 0.2) is 54.0 Å². The Morgan fingerprint density at radius 2 is 2.17 bits per heavy atom. The average molecular weight is 347 g/mol. The van der Waals surface area contributed by atoms with Crippen LogP contribution in [0.5, 0.6) is 0 Å². The van der Waals surface area contributed by atoms with Crippen molar-refractivity contribution in [3.63, 3.8) is 0 Å². The lowest BCUT2D eigenvalue weighted by Crippen LogP contribution is -2.31. The van der Waals surface area contributed by atoms with E-state index in [1.165, 1.54) is 0 Å². The van der Waals surface area contributed by atoms with Crippen LogP contribution >= 0.6 is 22.9 Å². The number of benzene rings is 1. The number of rotatable bonds is 5. The van der Waals surface area contributed by atoms with Crippen molar-refractivity contribution in [1.29, 1.82) is 0 Å². The standard InChI is InChI=1S/C16H15ClN4OS/c17-12-3-1-4-13(11-12)19-16(22)18-7-9-21-8-6-14(20-21)15-5-2-10-23-15/h1-6,8,10-11H,7,9H2,(H2,18,19,22). The largest absolute Gasteiger partial charge is 0.336 e. The number of thiophene rings is 1. The normalized spacial score (nSPS) is 10.5. The second-order valence-electron chi connectivity index (χ2n) is 4.83. The molecule has 2 N–H and O–H groups in total. The second-order valence-corrected chi connectivity index (χ2v) is 6.22. The summed E-state index contributed by atoms with van der Waals surface area (Å²) in [6, 6.07) is 12.8. The maximum Gasteiger partial charge on any atom is 0.319 e. The number of carbonyl (C=O) groups excluding carboxylic acids is 1. The summed E-state index contributed by atoms with van der Waals surface area (Å²) in [6.45, 7) is 1.09. The van der Waals surface area contributed by atoms with Gasteiger partial charge in [-0.15, -0.1) is 11.3 Å². The Hall–Kier alpha value is -2.31. The van der Waals surface area contributed by atoms with Crippen molar-refractivity contribution in [2.75, 3.05) is 11.9 Å². The number of nitrogens with zero attached hydrogens (tertiary/aromatic N) is 2. The van der Waals surface area contributed by atoms with Crippen molar-refractivity contribution >= 4 is 34.7 Å². The van der Waals surface area contributed by atoms with Gasteiger partial charge in [0.1, 0.15) is 5.69 Å². The molecule has 0 saturated heterocycles. The first kappa shape index (κ1) is 15.6. The molecule has 1 aromatic carbocycles. The van der Waals surface area contributed by atoms with Crippen molar-refractivity contribution in [1.82, 2.24) is 15.1 Å². The fraction of sp³-hybridized carbons (Fsp3) is 0.125. The first-order chi connectivity index (χ1) is 11.2. The van der Waals surface area contributed by atoms with E-state index in [4.69, 9.17) is 11.6 Å². The third kappa shape index (κ3) is 4.34. The van der Waals surface area contributed by atoms with Crippen LogP contribution in [0.1, 0.15) is 0 Å². The number of amides is 2. The van der Waals surface area contributed by atoms with Crippen LogP contribution in [-0.2, 0) is 6.54 Å². The predicted molar refractivity (Wildman–Crippen MR) is 94.0 cm³/mol. The van der Waals surface area contributed by atoms with Gasteiger partial charge in [0.25, 0.3) is 0 Å². The summed E-state index contributed by atoms with van der Waals surface area (Å²) in [5.41, 5.74) is 1.61. The highest BCUT2D eigenvalue weighted by molar-refractivity contribution is 7.13. The van der Waals surface area contributed by atoms with Crippen LogP contribution in [0, 0.1) is 0 Å². The number of hydrogen-bond acceptors (Lipinski definition) is 3. The average Bonchev–Trinajstić information content (AvgIpc) is 3.18. The molecule has 0 atom stereocenters. The molecule has 0 saturated carbocycles. The summed E-state index contributed by atoms with van der Waals surface area (Å²) < 4.78 is 1.81. The summed E-state index contributed by atoms with van der Waals surface area (Å²) in [5, 5.41) is 12.6. The molecule has 118 valence electrons. The molecule has 0 aliphatic heterocycles. The molecule has 3 aromatic rings. The van der Waals surface area contributed by atoms with Crippen LogP contribution in [0.3, 0.4) is 0 Å².